The second-order valence-corrected chi connectivity index (χ2v) is 5.33. The van der Waals surface area contributed by atoms with Crippen molar-refractivity contribution in [1.82, 2.24) is 4.90 Å². The summed E-state index contributed by atoms with van der Waals surface area (Å²) in [5.74, 6) is 0.800. The summed E-state index contributed by atoms with van der Waals surface area (Å²) in [4.78, 5) is 2.64. The maximum absolute atomic E-state index is 2.64. The highest BCUT2D eigenvalue weighted by Crippen LogP contribution is 2.29. The van der Waals surface area contributed by atoms with Crippen LogP contribution in [-0.2, 0) is 0 Å². The molecule has 1 aromatic carbocycles. The quantitative estimate of drug-likeness (QED) is 0.757. The van der Waals surface area contributed by atoms with E-state index in [1.807, 2.05) is 0 Å². The molecule has 0 aromatic heterocycles. The number of rotatable bonds is 4. The lowest BCUT2D eigenvalue weighted by Crippen LogP contribution is -2.33. The standard InChI is InChI=1S/C16H25N/c1-3-4-11-17-12-9-15(10-13-17)16-8-6-5-7-14(16)2/h5-8,15H,3-4,9-13H2,1-2H3. The third-order valence-electron chi connectivity index (χ3n) is 4.04. The van der Waals surface area contributed by atoms with Gasteiger partial charge < -0.3 is 4.90 Å². The molecule has 0 amide bonds. The Morgan fingerprint density at radius 1 is 1.18 bits per heavy atom. The molecule has 1 heteroatoms. The summed E-state index contributed by atoms with van der Waals surface area (Å²) in [6.07, 6.45) is 5.36. The third kappa shape index (κ3) is 3.32. The van der Waals surface area contributed by atoms with E-state index in [-0.39, 0.29) is 0 Å². The molecule has 0 aliphatic carbocycles. The van der Waals surface area contributed by atoms with E-state index in [0.717, 1.165) is 5.92 Å². The van der Waals surface area contributed by atoms with Gasteiger partial charge in [0.05, 0.1) is 0 Å². The van der Waals surface area contributed by atoms with Gasteiger partial charge in [-0.15, -0.1) is 0 Å². The van der Waals surface area contributed by atoms with Crippen LogP contribution in [0, 0.1) is 6.92 Å². The Balaban J connectivity index is 1.89. The zero-order valence-corrected chi connectivity index (χ0v) is 11.3. The first kappa shape index (κ1) is 12.6. The summed E-state index contributed by atoms with van der Waals surface area (Å²) < 4.78 is 0. The van der Waals surface area contributed by atoms with Crippen molar-refractivity contribution in [3.8, 4) is 0 Å². The minimum Gasteiger partial charge on any atom is -0.303 e. The molecule has 1 aliphatic rings. The summed E-state index contributed by atoms with van der Waals surface area (Å²) in [6, 6.07) is 8.90. The molecule has 94 valence electrons. The van der Waals surface area contributed by atoms with Crippen LogP contribution in [0.5, 0.6) is 0 Å². The normalized spacial score (nSPS) is 18.5. The second kappa shape index (κ2) is 6.20. The molecule has 0 saturated carbocycles. The molecule has 1 aromatic rings. The van der Waals surface area contributed by atoms with E-state index in [2.05, 4.69) is 43.0 Å². The predicted octanol–water partition coefficient (Wildman–Crippen LogP) is 3.97. The zero-order valence-electron chi connectivity index (χ0n) is 11.3. The number of likely N-dealkylation sites (tertiary alicyclic amines) is 1. The van der Waals surface area contributed by atoms with Gasteiger partial charge in [-0.2, -0.15) is 0 Å². The third-order valence-corrected chi connectivity index (χ3v) is 4.04. The van der Waals surface area contributed by atoms with E-state index in [1.165, 1.54) is 50.9 Å². The number of benzene rings is 1. The van der Waals surface area contributed by atoms with Crippen LogP contribution >= 0.6 is 0 Å². The van der Waals surface area contributed by atoms with Crippen LogP contribution in [0.15, 0.2) is 24.3 Å². The molecule has 17 heavy (non-hydrogen) atoms. The van der Waals surface area contributed by atoms with E-state index < -0.39 is 0 Å². The maximum Gasteiger partial charge on any atom is -0.00129 e. The Labute approximate surface area is 106 Å². The molecular formula is C16H25N. The van der Waals surface area contributed by atoms with Crippen LogP contribution in [0.2, 0.25) is 0 Å². The average Bonchev–Trinajstić information content (AvgIpc) is 2.38. The van der Waals surface area contributed by atoms with Crippen molar-refractivity contribution in [2.75, 3.05) is 19.6 Å². The molecule has 0 radical (unpaired) electrons. The summed E-state index contributed by atoms with van der Waals surface area (Å²) in [6.45, 7) is 8.41. The van der Waals surface area contributed by atoms with Gasteiger partial charge in [0.15, 0.2) is 0 Å². The Hall–Kier alpha value is -0.820. The Morgan fingerprint density at radius 3 is 2.53 bits per heavy atom. The van der Waals surface area contributed by atoms with Crippen molar-refractivity contribution in [2.45, 2.75) is 45.4 Å². The van der Waals surface area contributed by atoms with Crippen molar-refractivity contribution in [3.05, 3.63) is 35.4 Å². The largest absolute Gasteiger partial charge is 0.303 e. The van der Waals surface area contributed by atoms with Gasteiger partial charge in [-0.1, -0.05) is 37.6 Å². The van der Waals surface area contributed by atoms with E-state index in [0.29, 0.717) is 0 Å². The van der Waals surface area contributed by atoms with Crippen molar-refractivity contribution < 1.29 is 0 Å². The molecule has 1 aliphatic heterocycles. The monoisotopic (exact) mass is 231 g/mol. The van der Waals surface area contributed by atoms with Crippen LogP contribution in [0.4, 0.5) is 0 Å². The van der Waals surface area contributed by atoms with Gasteiger partial charge in [0.25, 0.3) is 0 Å². The van der Waals surface area contributed by atoms with Crippen LogP contribution in [0.25, 0.3) is 0 Å². The summed E-state index contributed by atoms with van der Waals surface area (Å²) in [5.41, 5.74) is 3.06. The van der Waals surface area contributed by atoms with E-state index in [1.54, 1.807) is 5.56 Å². The molecule has 0 unspecified atom stereocenters. The molecule has 1 nitrogen and oxygen atoms in total. The number of unbranched alkanes of at least 4 members (excludes halogenated alkanes) is 1. The first-order valence-electron chi connectivity index (χ1n) is 7.09. The summed E-state index contributed by atoms with van der Waals surface area (Å²) >= 11 is 0. The van der Waals surface area contributed by atoms with E-state index in [9.17, 15) is 0 Å². The minimum atomic E-state index is 0.800. The smallest absolute Gasteiger partial charge is 0.00129 e. The van der Waals surface area contributed by atoms with Gasteiger partial charge in [-0.3, -0.25) is 0 Å². The summed E-state index contributed by atoms with van der Waals surface area (Å²) in [7, 11) is 0. The second-order valence-electron chi connectivity index (χ2n) is 5.33. The molecule has 0 spiro atoms. The van der Waals surface area contributed by atoms with Gasteiger partial charge in [0, 0.05) is 0 Å². The molecule has 0 atom stereocenters. The van der Waals surface area contributed by atoms with E-state index in [4.69, 9.17) is 0 Å². The SMILES string of the molecule is CCCCN1CCC(c2ccccc2C)CC1. The van der Waals surface area contributed by atoms with Gasteiger partial charge >= 0.3 is 0 Å². The zero-order chi connectivity index (χ0) is 12.1. The fourth-order valence-electron chi connectivity index (χ4n) is 2.89. The van der Waals surface area contributed by atoms with Gasteiger partial charge in [-0.05, 0) is 62.9 Å². The highest BCUT2D eigenvalue weighted by Gasteiger charge is 2.20. The molecule has 1 fully saturated rings. The highest BCUT2D eigenvalue weighted by atomic mass is 15.1. The molecular weight excluding hydrogens is 206 g/mol. The summed E-state index contributed by atoms with van der Waals surface area (Å²) in [5, 5.41) is 0. The molecule has 2 rings (SSSR count). The lowest BCUT2D eigenvalue weighted by Gasteiger charge is -2.32. The van der Waals surface area contributed by atoms with Crippen molar-refractivity contribution >= 4 is 0 Å². The Morgan fingerprint density at radius 2 is 1.88 bits per heavy atom. The number of hydrogen-bond donors (Lipinski definition) is 0. The molecule has 1 heterocycles. The lowest BCUT2D eigenvalue weighted by molar-refractivity contribution is 0.209. The van der Waals surface area contributed by atoms with Crippen molar-refractivity contribution in [2.24, 2.45) is 0 Å². The Bertz CT molecular complexity index is 337. The average molecular weight is 231 g/mol. The fraction of sp³-hybridized carbons (Fsp3) is 0.625. The number of piperidine rings is 1. The maximum atomic E-state index is 2.64. The number of hydrogen-bond acceptors (Lipinski definition) is 1. The van der Waals surface area contributed by atoms with Crippen LogP contribution in [0.1, 0.15) is 49.7 Å². The Kier molecular flexibility index (Phi) is 4.61. The van der Waals surface area contributed by atoms with Gasteiger partial charge in [-0.25, -0.2) is 0 Å². The molecule has 1 saturated heterocycles. The molecule has 0 N–H and O–H groups in total. The number of nitrogens with zero attached hydrogens (tertiary/aromatic N) is 1. The van der Waals surface area contributed by atoms with Crippen LogP contribution < -0.4 is 0 Å². The van der Waals surface area contributed by atoms with Gasteiger partial charge in [0.1, 0.15) is 0 Å². The topological polar surface area (TPSA) is 3.24 Å². The van der Waals surface area contributed by atoms with Gasteiger partial charge in [0.2, 0.25) is 0 Å². The first-order chi connectivity index (χ1) is 8.31. The van der Waals surface area contributed by atoms with Crippen LogP contribution in [0.3, 0.4) is 0 Å². The van der Waals surface area contributed by atoms with Crippen LogP contribution in [-0.4, -0.2) is 24.5 Å². The minimum absolute atomic E-state index is 0.800. The van der Waals surface area contributed by atoms with Crippen molar-refractivity contribution in [1.29, 1.82) is 0 Å². The highest BCUT2D eigenvalue weighted by molar-refractivity contribution is 5.29. The molecule has 0 bridgehead atoms. The van der Waals surface area contributed by atoms with Crippen molar-refractivity contribution in [3.63, 3.8) is 0 Å². The fourth-order valence-corrected chi connectivity index (χ4v) is 2.89. The van der Waals surface area contributed by atoms with E-state index >= 15 is 0 Å². The first-order valence-corrected chi connectivity index (χ1v) is 7.09. The lowest BCUT2D eigenvalue weighted by atomic mass is 9.87. The number of aryl methyl sites for hydroxylation is 1. The predicted molar refractivity (Wildman–Crippen MR) is 74.5 cm³/mol.